The summed E-state index contributed by atoms with van der Waals surface area (Å²) in [4.78, 5) is 21.8. The van der Waals surface area contributed by atoms with E-state index in [0.29, 0.717) is 6.29 Å². The lowest BCUT2D eigenvalue weighted by Gasteiger charge is -2.27. The Morgan fingerprint density at radius 3 is 2.60 bits per heavy atom. The van der Waals surface area contributed by atoms with E-state index >= 15 is 0 Å². The molecule has 0 saturated carbocycles. The van der Waals surface area contributed by atoms with Gasteiger partial charge in [-0.1, -0.05) is 17.7 Å². The summed E-state index contributed by atoms with van der Waals surface area (Å²) in [6, 6.07) is 8.82. The first kappa shape index (κ1) is 21.5. The first-order valence-electron chi connectivity index (χ1n) is 8.91. The van der Waals surface area contributed by atoms with E-state index in [0.717, 1.165) is 5.56 Å². The van der Waals surface area contributed by atoms with Crippen LogP contribution in [0.1, 0.15) is 18.1 Å². The molecule has 1 heterocycles. The molecule has 1 aliphatic rings. The van der Waals surface area contributed by atoms with Gasteiger partial charge in [-0.3, -0.25) is 19.1 Å². The molecule has 9 nitrogen and oxygen atoms in total. The summed E-state index contributed by atoms with van der Waals surface area (Å²) in [5, 5.41) is 11.4. The predicted octanol–water partition coefficient (Wildman–Crippen LogP) is 3.05. The van der Waals surface area contributed by atoms with Crippen molar-refractivity contribution in [1.29, 1.82) is 0 Å². The molecule has 0 aromatic heterocycles. The van der Waals surface area contributed by atoms with Gasteiger partial charge in [-0.2, -0.15) is 8.42 Å². The number of benzene rings is 2. The number of carbonyl (C=O) groups excluding carboxylic acids is 1. The molecule has 0 fully saturated rings. The maximum absolute atomic E-state index is 12.4. The highest BCUT2D eigenvalue weighted by atomic mass is 32.2. The molecule has 0 aliphatic carbocycles. The zero-order valence-corrected chi connectivity index (χ0v) is 17.0. The summed E-state index contributed by atoms with van der Waals surface area (Å²) < 4.78 is 41.2. The van der Waals surface area contributed by atoms with E-state index < -0.39 is 21.1 Å². The molecule has 0 N–H and O–H groups in total. The maximum atomic E-state index is 12.4. The summed E-state index contributed by atoms with van der Waals surface area (Å²) in [5.41, 5.74) is 0.943. The van der Waals surface area contributed by atoms with Crippen LogP contribution in [0.3, 0.4) is 0 Å². The van der Waals surface area contributed by atoms with Gasteiger partial charge in [0.25, 0.3) is 15.8 Å². The minimum absolute atomic E-state index is 0.00564. The third kappa shape index (κ3) is 4.66. The van der Waals surface area contributed by atoms with Gasteiger partial charge in [0.1, 0.15) is 19.5 Å². The molecule has 0 bridgehead atoms. The van der Waals surface area contributed by atoms with Gasteiger partial charge in [-0.05, 0) is 43.7 Å². The van der Waals surface area contributed by atoms with E-state index in [1.54, 1.807) is 12.1 Å². The first-order chi connectivity index (χ1) is 14.2. The van der Waals surface area contributed by atoms with E-state index in [-0.39, 0.29) is 46.4 Å². The summed E-state index contributed by atoms with van der Waals surface area (Å²) in [5.74, 6) is 0.307. The second-order valence-corrected chi connectivity index (χ2v) is 8.31. The Hall–Kier alpha value is -3.24. The molecule has 1 aliphatic heterocycles. The van der Waals surface area contributed by atoms with Crippen LogP contribution >= 0.6 is 0 Å². The molecule has 2 aromatic rings. The van der Waals surface area contributed by atoms with Gasteiger partial charge in [-0.15, -0.1) is 0 Å². The second-order valence-electron chi connectivity index (χ2n) is 6.69. The lowest BCUT2D eigenvalue weighted by atomic mass is 10.1. The van der Waals surface area contributed by atoms with Crippen LogP contribution in [0.2, 0.25) is 0 Å². The molecule has 0 radical (unpaired) electrons. The SMILES string of the molecule is C/C(C=O)=C/c1c([N+](=O)[O-])ccc2c1OC(COS(=O)(=O)c1ccc(C)cc1)CO2. The molecule has 3 rings (SSSR count). The van der Waals surface area contributed by atoms with Gasteiger partial charge in [-0.25, -0.2) is 0 Å². The molecule has 2 aromatic carbocycles. The molecule has 1 atom stereocenters. The second kappa shape index (κ2) is 8.64. The maximum Gasteiger partial charge on any atom is 0.297 e. The Labute approximate surface area is 173 Å². The molecule has 30 heavy (non-hydrogen) atoms. The normalized spacial score (nSPS) is 16.2. The minimum atomic E-state index is -4.01. The smallest absolute Gasteiger partial charge is 0.297 e. The number of hydrogen-bond acceptors (Lipinski definition) is 8. The minimum Gasteiger partial charge on any atom is -0.486 e. The average molecular weight is 433 g/mol. The first-order valence-corrected chi connectivity index (χ1v) is 10.3. The monoisotopic (exact) mass is 433 g/mol. The summed E-state index contributed by atoms with van der Waals surface area (Å²) in [6.07, 6.45) is 1.05. The van der Waals surface area contributed by atoms with Crippen LogP contribution in [-0.4, -0.2) is 38.9 Å². The highest BCUT2D eigenvalue weighted by molar-refractivity contribution is 7.86. The van der Waals surface area contributed by atoms with Crippen molar-refractivity contribution >= 4 is 28.2 Å². The Morgan fingerprint density at radius 2 is 1.97 bits per heavy atom. The van der Waals surface area contributed by atoms with Gasteiger partial charge < -0.3 is 9.47 Å². The third-order valence-electron chi connectivity index (χ3n) is 4.32. The van der Waals surface area contributed by atoms with Crippen LogP contribution < -0.4 is 9.47 Å². The Bertz CT molecular complexity index is 1110. The van der Waals surface area contributed by atoms with Crippen LogP contribution in [0.4, 0.5) is 5.69 Å². The van der Waals surface area contributed by atoms with Crippen molar-refractivity contribution in [3.63, 3.8) is 0 Å². The van der Waals surface area contributed by atoms with Crippen molar-refractivity contribution in [3.8, 4) is 11.5 Å². The summed E-state index contributed by atoms with van der Waals surface area (Å²) in [7, 11) is -4.01. The Kier molecular flexibility index (Phi) is 6.18. The number of rotatable bonds is 7. The number of aldehydes is 1. The van der Waals surface area contributed by atoms with Crippen molar-refractivity contribution in [2.24, 2.45) is 0 Å². The third-order valence-corrected chi connectivity index (χ3v) is 5.62. The van der Waals surface area contributed by atoms with Crippen LogP contribution in [0, 0.1) is 17.0 Å². The van der Waals surface area contributed by atoms with Crippen LogP contribution in [0.25, 0.3) is 6.08 Å². The van der Waals surface area contributed by atoms with E-state index in [9.17, 15) is 23.3 Å². The fourth-order valence-electron chi connectivity index (χ4n) is 2.77. The Morgan fingerprint density at radius 1 is 1.27 bits per heavy atom. The number of allylic oxidation sites excluding steroid dienone is 1. The molecule has 0 spiro atoms. The zero-order chi connectivity index (χ0) is 21.9. The van der Waals surface area contributed by atoms with Gasteiger partial charge in [0, 0.05) is 6.07 Å². The highest BCUT2D eigenvalue weighted by Crippen LogP contribution is 2.41. The topological polar surface area (TPSA) is 122 Å². The largest absolute Gasteiger partial charge is 0.486 e. The van der Waals surface area contributed by atoms with Crippen LogP contribution in [0.5, 0.6) is 11.5 Å². The molecule has 158 valence electrons. The van der Waals surface area contributed by atoms with E-state index in [1.165, 1.54) is 37.3 Å². The quantitative estimate of drug-likeness (QED) is 0.215. The van der Waals surface area contributed by atoms with Crippen molar-refractivity contribution < 1.29 is 31.8 Å². The van der Waals surface area contributed by atoms with E-state index in [2.05, 4.69) is 0 Å². The Balaban J connectivity index is 1.84. The highest BCUT2D eigenvalue weighted by Gasteiger charge is 2.30. The van der Waals surface area contributed by atoms with Crippen molar-refractivity contribution in [1.82, 2.24) is 0 Å². The summed E-state index contributed by atoms with van der Waals surface area (Å²) >= 11 is 0. The molecular formula is C20H19NO8S. The predicted molar refractivity (Wildman–Crippen MR) is 107 cm³/mol. The van der Waals surface area contributed by atoms with E-state index in [1.807, 2.05) is 6.92 Å². The number of hydrogen-bond donors (Lipinski definition) is 0. The number of nitro benzene ring substituents is 1. The van der Waals surface area contributed by atoms with Crippen molar-refractivity contribution in [3.05, 3.63) is 63.2 Å². The van der Waals surface area contributed by atoms with Gasteiger partial charge in [0.2, 0.25) is 0 Å². The number of fused-ring (bicyclic) bond motifs is 1. The zero-order valence-electron chi connectivity index (χ0n) is 16.2. The molecular weight excluding hydrogens is 414 g/mol. The van der Waals surface area contributed by atoms with Crippen molar-refractivity contribution in [2.45, 2.75) is 24.8 Å². The molecule has 0 saturated heterocycles. The molecule has 0 amide bonds. The van der Waals surface area contributed by atoms with Gasteiger partial charge in [0.05, 0.1) is 15.4 Å². The molecule has 10 heteroatoms. The number of aryl methyl sites for hydroxylation is 1. The number of nitrogens with zero attached hydrogens (tertiary/aromatic N) is 1. The molecule has 1 unspecified atom stereocenters. The summed E-state index contributed by atoms with van der Waals surface area (Å²) in [6.45, 7) is 2.96. The lowest BCUT2D eigenvalue weighted by molar-refractivity contribution is -0.385. The average Bonchev–Trinajstić information content (AvgIpc) is 2.72. The van der Waals surface area contributed by atoms with E-state index in [4.69, 9.17) is 13.7 Å². The van der Waals surface area contributed by atoms with Gasteiger partial charge >= 0.3 is 0 Å². The van der Waals surface area contributed by atoms with Crippen LogP contribution in [-0.2, 0) is 19.1 Å². The standard InChI is InChI=1S/C20H19NO8S/c1-13-3-5-16(6-4-13)30(25,26)28-12-15-11-27-19-8-7-18(21(23)24)17(20(19)29-15)9-14(2)10-22/h3-10,15H,11-12H2,1-2H3/b14-9-. The van der Waals surface area contributed by atoms with Crippen molar-refractivity contribution in [2.75, 3.05) is 13.2 Å². The number of ether oxygens (including phenoxy) is 2. The van der Waals surface area contributed by atoms with Gasteiger partial charge in [0.15, 0.2) is 17.6 Å². The fourth-order valence-corrected chi connectivity index (χ4v) is 3.71. The lowest BCUT2D eigenvalue weighted by Crippen LogP contribution is -2.34. The van der Waals surface area contributed by atoms with Crippen LogP contribution in [0.15, 0.2) is 46.9 Å². The number of nitro groups is 1. The fraction of sp³-hybridized carbons (Fsp3) is 0.250. The number of carbonyl (C=O) groups is 1.